The van der Waals surface area contributed by atoms with Gasteiger partial charge in [-0.15, -0.1) is 21.5 Å². The quantitative estimate of drug-likeness (QED) is 0.0558. The molecule has 1 saturated heterocycles. The molecule has 5 aromatic rings. The third-order valence-corrected chi connectivity index (χ3v) is 13.7. The number of carbonyl (C=O) groups is 4. The molecule has 2 aromatic heterocycles. The highest BCUT2D eigenvalue weighted by Crippen LogP contribution is 2.35. The summed E-state index contributed by atoms with van der Waals surface area (Å²) in [6.07, 6.45) is 0.187. The van der Waals surface area contributed by atoms with Crippen molar-refractivity contribution >= 4 is 52.2 Å². The van der Waals surface area contributed by atoms with Crippen molar-refractivity contribution in [3.8, 4) is 21.9 Å². The molecular formula is C53H65ClN8O10S. The molecule has 0 saturated carbocycles. The van der Waals surface area contributed by atoms with E-state index in [-0.39, 0.29) is 57.4 Å². The van der Waals surface area contributed by atoms with Gasteiger partial charge in [0.1, 0.15) is 42.1 Å². The smallest absolute Gasteiger partial charge is 0.246 e. The van der Waals surface area contributed by atoms with Crippen LogP contribution in [0.2, 0.25) is 5.02 Å². The second-order valence-electron chi connectivity index (χ2n) is 19.0. The van der Waals surface area contributed by atoms with Gasteiger partial charge in [-0.05, 0) is 67.1 Å². The zero-order chi connectivity index (χ0) is 52.1. The summed E-state index contributed by atoms with van der Waals surface area (Å²) in [5.74, 6) is 0.637. The van der Waals surface area contributed by atoms with Crippen molar-refractivity contribution in [3.63, 3.8) is 0 Å². The molecule has 3 amide bonds. The van der Waals surface area contributed by atoms with E-state index in [1.165, 1.54) is 4.90 Å². The maximum Gasteiger partial charge on any atom is 0.246 e. The number of ketones is 1. The topological polar surface area (TPSA) is 218 Å². The monoisotopic (exact) mass is 1040 g/mol. The Kier molecular flexibility index (Phi) is 19.4. The second-order valence-corrected chi connectivity index (χ2v) is 20.3. The number of likely N-dealkylation sites (tertiary alicyclic amines) is 1. The lowest BCUT2D eigenvalue weighted by molar-refractivity contribution is -0.144. The minimum Gasteiger partial charge on any atom is -0.497 e. The van der Waals surface area contributed by atoms with E-state index in [4.69, 9.17) is 40.3 Å². The number of Topliss-reactive ketones (excluding diaryl/α,β-unsaturated/α-hetero) is 1. The zero-order valence-corrected chi connectivity index (χ0v) is 43.8. The van der Waals surface area contributed by atoms with Gasteiger partial charge >= 0.3 is 0 Å². The number of β-amino-alcohol motifs (C(OH)–C–C–N with tert-alkyl or cyclic N) is 1. The molecule has 2 aliphatic rings. The minimum absolute atomic E-state index is 0.0258. The van der Waals surface area contributed by atoms with Crippen LogP contribution >= 0.6 is 22.9 Å². The van der Waals surface area contributed by atoms with E-state index in [0.29, 0.717) is 74.0 Å². The summed E-state index contributed by atoms with van der Waals surface area (Å²) in [6.45, 7) is 11.3. The van der Waals surface area contributed by atoms with Crippen LogP contribution in [0.3, 0.4) is 0 Å². The van der Waals surface area contributed by atoms with Crippen LogP contribution in [0.25, 0.3) is 16.1 Å². The predicted molar refractivity (Wildman–Crippen MR) is 276 cm³/mol. The number of aromatic nitrogens is 4. The van der Waals surface area contributed by atoms with Crippen molar-refractivity contribution in [2.24, 2.45) is 10.4 Å². The van der Waals surface area contributed by atoms with Gasteiger partial charge in [-0.1, -0.05) is 68.8 Å². The third kappa shape index (κ3) is 14.6. The number of aliphatic hydroxyl groups excluding tert-OH is 1. The van der Waals surface area contributed by atoms with Crippen LogP contribution in [0.15, 0.2) is 77.2 Å². The average Bonchev–Trinajstić information content (AvgIpc) is 4.08. The van der Waals surface area contributed by atoms with E-state index in [1.807, 2.05) is 111 Å². The summed E-state index contributed by atoms with van der Waals surface area (Å²) in [7, 11) is 1.62. The maximum atomic E-state index is 14.0. The first-order valence-electron chi connectivity index (χ1n) is 24.4. The van der Waals surface area contributed by atoms with Crippen LogP contribution in [-0.4, -0.2) is 144 Å². The highest BCUT2D eigenvalue weighted by Gasteiger charge is 2.44. The Morgan fingerprint density at radius 3 is 2.21 bits per heavy atom. The van der Waals surface area contributed by atoms with Gasteiger partial charge in [0, 0.05) is 55.1 Å². The highest BCUT2D eigenvalue weighted by molar-refractivity contribution is 7.13. The molecule has 1 fully saturated rings. The van der Waals surface area contributed by atoms with Gasteiger partial charge in [0.15, 0.2) is 5.82 Å². The molecule has 4 heterocycles. The Morgan fingerprint density at radius 1 is 0.877 bits per heavy atom. The Morgan fingerprint density at radius 2 is 1.55 bits per heavy atom. The summed E-state index contributed by atoms with van der Waals surface area (Å²) < 4.78 is 30.0. The standard InChI is InChI=1S/C53H65ClN8O10S/c1-33-48(73-32-56-33)37-11-9-35(10-12-37)29-55-51(66)45-27-40(64)30-61(45)52(67)49(53(3,4)5)58-46(65)31-72-25-24-71-23-22-70-21-20-69-19-7-8-39(63)26-43-50-60-59-34(2)62(50)44-18-17-41(68-6)28-42(44)47(57-43)36-13-15-38(54)16-14-36/h9-18,28,32,40,43,45,49,64H,7-8,19-27,29-31H2,1-6H3,(H,55,66)(H,58,65)/t40-,43?,45+,49-/m1/s1. The van der Waals surface area contributed by atoms with Gasteiger partial charge in [-0.3, -0.25) is 28.7 Å². The number of aliphatic hydroxyl groups is 1. The highest BCUT2D eigenvalue weighted by atomic mass is 35.5. The number of ether oxygens (including phenoxy) is 5. The number of benzene rings is 3. The molecule has 1 unspecified atom stereocenters. The van der Waals surface area contributed by atoms with Crippen molar-refractivity contribution in [2.45, 2.75) is 91.1 Å². The molecule has 3 N–H and O–H groups in total. The van der Waals surface area contributed by atoms with E-state index in [9.17, 15) is 24.3 Å². The van der Waals surface area contributed by atoms with Crippen molar-refractivity contribution in [1.29, 1.82) is 0 Å². The van der Waals surface area contributed by atoms with Crippen LogP contribution in [0.1, 0.15) is 86.5 Å². The van der Waals surface area contributed by atoms with Crippen LogP contribution in [0, 0.1) is 19.3 Å². The fraction of sp³-hybridized carbons (Fsp3) is 0.472. The van der Waals surface area contributed by atoms with Crippen molar-refractivity contribution in [3.05, 3.63) is 111 Å². The number of aliphatic imine (C=N–C) groups is 1. The van der Waals surface area contributed by atoms with E-state index >= 15 is 0 Å². The normalized spacial score (nSPS) is 16.8. The minimum atomic E-state index is -0.978. The summed E-state index contributed by atoms with van der Waals surface area (Å²) in [4.78, 5) is 65.7. The Labute approximate surface area is 434 Å². The lowest BCUT2D eigenvalue weighted by atomic mass is 9.85. The van der Waals surface area contributed by atoms with E-state index in [2.05, 4.69) is 25.8 Å². The van der Waals surface area contributed by atoms with Crippen molar-refractivity contribution in [2.75, 3.05) is 66.5 Å². The SMILES string of the molecule is COc1ccc2c(c1)C(c1ccc(Cl)cc1)=NC(CC(=O)CCCOCCOCCOCCOCC(=O)N[C@H](C(=O)N1C[C@H](O)C[C@H]1C(=O)NCc1ccc(-c3scnc3C)cc1)C(C)(C)C)c1nnc(C)n1-2. The number of halogens is 1. The third-order valence-electron chi connectivity index (χ3n) is 12.5. The van der Waals surface area contributed by atoms with E-state index in [1.54, 1.807) is 18.4 Å². The number of hydrogen-bond donors (Lipinski definition) is 3. The molecule has 20 heteroatoms. The molecule has 3 aromatic carbocycles. The van der Waals surface area contributed by atoms with Crippen molar-refractivity contribution < 1.29 is 48.0 Å². The summed E-state index contributed by atoms with van der Waals surface area (Å²) in [5, 5.41) is 25.7. The summed E-state index contributed by atoms with van der Waals surface area (Å²) >= 11 is 7.80. The molecular weight excluding hydrogens is 976 g/mol. The Bertz CT molecular complexity index is 2700. The molecule has 0 aliphatic carbocycles. The van der Waals surface area contributed by atoms with Crippen LogP contribution < -0.4 is 15.4 Å². The Balaban J connectivity index is 0.757. The lowest BCUT2D eigenvalue weighted by Gasteiger charge is -2.35. The maximum absolute atomic E-state index is 14.0. The van der Waals surface area contributed by atoms with Gasteiger partial charge in [0.2, 0.25) is 17.7 Å². The number of fused-ring (bicyclic) bond motifs is 3. The zero-order valence-electron chi connectivity index (χ0n) is 42.2. The molecule has 7 rings (SSSR count). The molecule has 18 nitrogen and oxygen atoms in total. The average molecular weight is 1040 g/mol. The van der Waals surface area contributed by atoms with Crippen LogP contribution in [0.4, 0.5) is 0 Å². The summed E-state index contributed by atoms with van der Waals surface area (Å²) in [5.41, 5.74) is 7.21. The number of thiazole rings is 1. The summed E-state index contributed by atoms with van der Waals surface area (Å²) in [6, 6.07) is 18.6. The van der Waals surface area contributed by atoms with Gasteiger partial charge in [-0.2, -0.15) is 0 Å². The number of aryl methyl sites for hydroxylation is 2. The molecule has 4 atom stereocenters. The molecule has 0 bridgehead atoms. The van der Waals surface area contributed by atoms with E-state index < -0.39 is 41.5 Å². The first-order valence-corrected chi connectivity index (χ1v) is 25.7. The van der Waals surface area contributed by atoms with Gasteiger partial charge in [0.05, 0.1) is 80.3 Å². The largest absolute Gasteiger partial charge is 0.497 e. The number of methoxy groups -OCH3 is 1. The Hall–Kier alpha value is -5.93. The van der Waals surface area contributed by atoms with Gasteiger partial charge < -0.3 is 44.3 Å². The number of nitrogens with one attached hydrogen (secondary N) is 2. The fourth-order valence-electron chi connectivity index (χ4n) is 8.67. The molecule has 0 spiro atoms. The second kappa shape index (κ2) is 25.8. The molecule has 390 valence electrons. The first-order chi connectivity index (χ1) is 35.1. The number of hydrogen-bond acceptors (Lipinski definition) is 15. The molecule has 73 heavy (non-hydrogen) atoms. The number of rotatable bonds is 25. The van der Waals surface area contributed by atoms with Gasteiger partial charge in [-0.25, -0.2) is 4.98 Å². The number of amides is 3. The van der Waals surface area contributed by atoms with Gasteiger partial charge in [0.25, 0.3) is 0 Å². The predicted octanol–water partition coefficient (Wildman–Crippen LogP) is 6.18. The molecule has 2 aliphatic heterocycles. The first kappa shape index (κ1) is 54.8. The van der Waals surface area contributed by atoms with Crippen LogP contribution in [-0.2, 0) is 44.7 Å². The lowest BCUT2D eigenvalue weighted by Crippen LogP contribution is -2.58. The fourth-order valence-corrected chi connectivity index (χ4v) is 9.61. The van der Waals surface area contributed by atoms with Crippen molar-refractivity contribution in [1.82, 2.24) is 35.3 Å². The van der Waals surface area contributed by atoms with Crippen LogP contribution in [0.5, 0.6) is 5.75 Å². The molecule has 0 radical (unpaired) electrons. The number of nitrogens with zero attached hydrogens (tertiary/aromatic N) is 6. The number of carbonyl (C=O) groups excluding carboxylic acids is 4. The van der Waals surface area contributed by atoms with E-state index in [0.717, 1.165) is 38.5 Å².